The Kier molecular flexibility index (Phi) is 6.93. The predicted octanol–water partition coefficient (Wildman–Crippen LogP) is 2.89. The second-order valence-corrected chi connectivity index (χ2v) is 5.75. The predicted molar refractivity (Wildman–Crippen MR) is 93.7 cm³/mol. The molecule has 0 aliphatic heterocycles. The summed E-state index contributed by atoms with van der Waals surface area (Å²) >= 11 is 5.70. The number of benzene rings is 1. The molecule has 10 heteroatoms. The molecule has 2 N–H and O–H groups in total. The molecule has 0 aliphatic carbocycles. The number of anilines is 2. The van der Waals surface area contributed by atoms with Crippen LogP contribution in [0.4, 0.5) is 20.7 Å². The highest BCUT2D eigenvalue weighted by Crippen LogP contribution is 2.19. The average molecular weight is 385 g/mol. The number of nitrogens with zero attached hydrogens (tertiary/aromatic N) is 2. The van der Waals surface area contributed by atoms with Gasteiger partial charge in [-0.25, -0.2) is 9.18 Å². The van der Waals surface area contributed by atoms with Crippen molar-refractivity contribution in [3.63, 3.8) is 0 Å². The standard InChI is InChI=1S/C16H18ClFN4O4/c1-10-7-14(21-26-10)20-15(23)9-22(5-6-25-2)16(24)19-11-3-4-13(18)12(17)8-11/h3-4,7-8H,5-6,9H2,1-2H3,(H,19,24)(H,20,21,23). The fourth-order valence-corrected chi connectivity index (χ4v) is 2.19. The Balaban J connectivity index is 2.01. The number of hydrogen-bond acceptors (Lipinski definition) is 5. The normalized spacial score (nSPS) is 10.5. The maximum absolute atomic E-state index is 13.2. The second-order valence-electron chi connectivity index (χ2n) is 5.34. The van der Waals surface area contributed by atoms with Gasteiger partial charge in [-0.15, -0.1) is 0 Å². The summed E-state index contributed by atoms with van der Waals surface area (Å²) in [6.45, 7) is 1.85. The summed E-state index contributed by atoms with van der Waals surface area (Å²) in [6.07, 6.45) is 0. The van der Waals surface area contributed by atoms with Gasteiger partial charge in [0.05, 0.1) is 11.6 Å². The Morgan fingerprint density at radius 3 is 2.73 bits per heavy atom. The fraction of sp³-hybridized carbons (Fsp3) is 0.312. The van der Waals surface area contributed by atoms with Crippen LogP contribution in [0.2, 0.25) is 5.02 Å². The molecule has 1 heterocycles. The van der Waals surface area contributed by atoms with E-state index in [9.17, 15) is 14.0 Å². The topological polar surface area (TPSA) is 96.7 Å². The van der Waals surface area contributed by atoms with Crippen LogP contribution < -0.4 is 10.6 Å². The number of aryl methyl sites for hydroxylation is 1. The number of aromatic nitrogens is 1. The van der Waals surface area contributed by atoms with Gasteiger partial charge in [0.1, 0.15) is 18.1 Å². The molecule has 0 atom stereocenters. The zero-order valence-corrected chi connectivity index (χ0v) is 15.0. The molecule has 0 saturated carbocycles. The number of hydrogen-bond donors (Lipinski definition) is 2. The smallest absolute Gasteiger partial charge is 0.322 e. The van der Waals surface area contributed by atoms with Crippen molar-refractivity contribution in [1.82, 2.24) is 10.1 Å². The first-order valence-corrected chi connectivity index (χ1v) is 8.00. The lowest BCUT2D eigenvalue weighted by Gasteiger charge is -2.22. The van der Waals surface area contributed by atoms with E-state index < -0.39 is 17.8 Å². The van der Waals surface area contributed by atoms with Crippen molar-refractivity contribution in [3.8, 4) is 0 Å². The molecular weight excluding hydrogens is 367 g/mol. The summed E-state index contributed by atoms with van der Waals surface area (Å²) in [4.78, 5) is 25.8. The van der Waals surface area contributed by atoms with Gasteiger partial charge in [-0.3, -0.25) is 4.79 Å². The molecule has 3 amide bonds. The third-order valence-corrected chi connectivity index (χ3v) is 3.54. The Hall–Kier alpha value is -2.65. The zero-order chi connectivity index (χ0) is 19.1. The van der Waals surface area contributed by atoms with E-state index in [0.717, 1.165) is 6.07 Å². The van der Waals surface area contributed by atoms with Crippen LogP contribution in [0.3, 0.4) is 0 Å². The molecule has 0 spiro atoms. The Labute approximate surface area is 154 Å². The highest BCUT2D eigenvalue weighted by molar-refractivity contribution is 6.31. The van der Waals surface area contributed by atoms with E-state index in [-0.39, 0.29) is 30.5 Å². The van der Waals surface area contributed by atoms with Crippen LogP contribution in [0.15, 0.2) is 28.8 Å². The van der Waals surface area contributed by atoms with Gasteiger partial charge in [0.2, 0.25) is 5.91 Å². The minimum absolute atomic E-state index is 0.120. The molecule has 1 aromatic carbocycles. The number of rotatable bonds is 7. The molecule has 8 nitrogen and oxygen atoms in total. The quantitative estimate of drug-likeness (QED) is 0.765. The van der Waals surface area contributed by atoms with Gasteiger partial charge < -0.3 is 24.8 Å². The van der Waals surface area contributed by atoms with Gasteiger partial charge in [0, 0.05) is 25.4 Å². The van der Waals surface area contributed by atoms with Gasteiger partial charge >= 0.3 is 6.03 Å². The summed E-state index contributed by atoms with van der Waals surface area (Å²) in [5.74, 6) is -0.253. The van der Waals surface area contributed by atoms with Crippen molar-refractivity contribution < 1.29 is 23.2 Å². The number of ether oxygens (including phenoxy) is 1. The van der Waals surface area contributed by atoms with Gasteiger partial charge in [-0.1, -0.05) is 16.8 Å². The first-order valence-electron chi connectivity index (χ1n) is 7.62. The second kappa shape index (κ2) is 9.16. The number of halogens is 2. The first kappa shape index (κ1) is 19.7. The van der Waals surface area contributed by atoms with E-state index in [4.69, 9.17) is 20.9 Å². The lowest BCUT2D eigenvalue weighted by atomic mass is 10.3. The van der Waals surface area contributed by atoms with Gasteiger partial charge in [-0.05, 0) is 25.1 Å². The fourth-order valence-electron chi connectivity index (χ4n) is 2.01. The third kappa shape index (κ3) is 5.71. The first-order chi connectivity index (χ1) is 12.4. The van der Waals surface area contributed by atoms with Crippen molar-refractivity contribution in [3.05, 3.63) is 40.9 Å². The van der Waals surface area contributed by atoms with E-state index in [1.807, 2.05) is 0 Å². The van der Waals surface area contributed by atoms with Crippen molar-refractivity contribution in [2.45, 2.75) is 6.92 Å². The van der Waals surface area contributed by atoms with E-state index >= 15 is 0 Å². The zero-order valence-electron chi connectivity index (χ0n) is 14.2. The van der Waals surface area contributed by atoms with Crippen LogP contribution in [0.25, 0.3) is 0 Å². The Bertz CT molecular complexity index is 783. The number of carbonyl (C=O) groups excluding carboxylic acids is 2. The molecule has 0 unspecified atom stereocenters. The monoisotopic (exact) mass is 384 g/mol. The molecule has 1 aromatic heterocycles. The van der Waals surface area contributed by atoms with Crippen molar-refractivity contribution in [1.29, 1.82) is 0 Å². The van der Waals surface area contributed by atoms with Crippen LogP contribution in [0, 0.1) is 12.7 Å². The van der Waals surface area contributed by atoms with E-state index in [0.29, 0.717) is 11.4 Å². The SMILES string of the molecule is COCCN(CC(=O)Nc1cc(C)on1)C(=O)Nc1ccc(F)c(Cl)c1. The summed E-state index contributed by atoms with van der Waals surface area (Å²) < 4.78 is 23.0. The minimum atomic E-state index is -0.594. The maximum atomic E-state index is 13.2. The molecule has 2 aromatic rings. The van der Waals surface area contributed by atoms with E-state index in [1.54, 1.807) is 13.0 Å². The summed E-state index contributed by atoms with van der Waals surface area (Å²) in [6, 6.07) is 4.78. The van der Waals surface area contributed by atoms with Gasteiger partial charge in [-0.2, -0.15) is 0 Å². The lowest BCUT2D eigenvalue weighted by Crippen LogP contribution is -2.42. The number of nitrogens with one attached hydrogen (secondary N) is 2. The molecule has 26 heavy (non-hydrogen) atoms. The number of urea groups is 1. The highest BCUT2D eigenvalue weighted by Gasteiger charge is 2.18. The Morgan fingerprint density at radius 1 is 1.35 bits per heavy atom. The molecule has 0 fully saturated rings. The molecule has 140 valence electrons. The molecule has 0 saturated heterocycles. The van der Waals surface area contributed by atoms with Gasteiger partial charge in [0.15, 0.2) is 5.82 Å². The van der Waals surface area contributed by atoms with Crippen LogP contribution in [-0.4, -0.2) is 48.8 Å². The van der Waals surface area contributed by atoms with Crippen LogP contribution in [-0.2, 0) is 9.53 Å². The highest BCUT2D eigenvalue weighted by atomic mass is 35.5. The number of amides is 3. The lowest BCUT2D eigenvalue weighted by molar-refractivity contribution is -0.116. The Morgan fingerprint density at radius 2 is 2.12 bits per heavy atom. The minimum Gasteiger partial charge on any atom is -0.383 e. The van der Waals surface area contributed by atoms with Crippen molar-refractivity contribution in [2.75, 3.05) is 37.4 Å². The number of carbonyl (C=O) groups is 2. The van der Waals surface area contributed by atoms with E-state index in [2.05, 4.69) is 15.8 Å². The summed E-state index contributed by atoms with van der Waals surface area (Å²) in [7, 11) is 1.48. The summed E-state index contributed by atoms with van der Waals surface area (Å²) in [5, 5.41) is 8.62. The third-order valence-electron chi connectivity index (χ3n) is 3.25. The van der Waals surface area contributed by atoms with Gasteiger partial charge in [0.25, 0.3) is 0 Å². The molecule has 0 aliphatic rings. The molecule has 2 rings (SSSR count). The summed E-state index contributed by atoms with van der Waals surface area (Å²) in [5.41, 5.74) is 0.302. The van der Waals surface area contributed by atoms with Crippen molar-refractivity contribution >= 4 is 35.0 Å². The molecule has 0 radical (unpaired) electrons. The van der Waals surface area contributed by atoms with Crippen LogP contribution in [0.1, 0.15) is 5.76 Å². The van der Waals surface area contributed by atoms with E-state index in [1.165, 1.54) is 24.1 Å². The maximum Gasteiger partial charge on any atom is 0.322 e. The average Bonchev–Trinajstić information content (AvgIpc) is 2.99. The van der Waals surface area contributed by atoms with Crippen LogP contribution in [0.5, 0.6) is 0 Å². The molecular formula is C16H18ClFN4O4. The van der Waals surface area contributed by atoms with Crippen LogP contribution >= 0.6 is 11.6 Å². The number of methoxy groups -OCH3 is 1. The molecule has 0 bridgehead atoms. The van der Waals surface area contributed by atoms with Crippen molar-refractivity contribution in [2.24, 2.45) is 0 Å². The largest absolute Gasteiger partial charge is 0.383 e.